The molecule has 3 aromatic rings. The number of nitrogens with zero attached hydrogens (tertiary/aromatic N) is 4. The Bertz CT molecular complexity index is 968. The van der Waals surface area contributed by atoms with Crippen LogP contribution in [0.4, 0.5) is 0 Å². The molecule has 0 spiro atoms. The Kier molecular flexibility index (Phi) is 4.06. The van der Waals surface area contributed by atoms with Gasteiger partial charge in [-0.3, -0.25) is 4.68 Å². The van der Waals surface area contributed by atoms with Gasteiger partial charge in [-0.1, -0.05) is 11.6 Å². The molecule has 1 aromatic carbocycles. The number of esters is 1. The average Bonchev–Trinajstić information content (AvgIpc) is 3.13. The Hall–Kier alpha value is -3.11. The number of carbonyl (C=O) groups is 1. The van der Waals surface area contributed by atoms with Crippen molar-refractivity contribution in [3.05, 3.63) is 52.6 Å². The lowest BCUT2D eigenvalue weighted by molar-refractivity contribution is 0.0727. The van der Waals surface area contributed by atoms with E-state index in [1.54, 1.807) is 31.0 Å². The summed E-state index contributed by atoms with van der Waals surface area (Å²) < 4.78 is 12.3. The highest BCUT2D eigenvalue weighted by molar-refractivity contribution is 6.31. The summed E-state index contributed by atoms with van der Waals surface area (Å²) in [5.41, 5.74) is 1.02. The van der Waals surface area contributed by atoms with Crippen LogP contribution in [0.2, 0.25) is 5.02 Å². The number of rotatable bonds is 3. The highest BCUT2D eigenvalue weighted by Crippen LogP contribution is 2.25. The molecule has 2 heterocycles. The van der Waals surface area contributed by atoms with E-state index in [1.165, 1.54) is 18.2 Å². The molecule has 3 rings (SSSR count). The number of halogens is 1. The van der Waals surface area contributed by atoms with Crippen LogP contribution in [-0.4, -0.2) is 20.7 Å². The monoisotopic (exact) mass is 342 g/mol. The van der Waals surface area contributed by atoms with Gasteiger partial charge >= 0.3 is 5.97 Å². The molecule has 0 fully saturated rings. The van der Waals surface area contributed by atoms with E-state index in [9.17, 15) is 4.79 Å². The van der Waals surface area contributed by atoms with Crippen LogP contribution in [0.15, 0.2) is 35.0 Å². The average molecular weight is 343 g/mol. The minimum Gasteiger partial charge on any atom is -0.440 e. The van der Waals surface area contributed by atoms with Crippen molar-refractivity contribution in [3.63, 3.8) is 0 Å². The minimum atomic E-state index is -0.674. The van der Waals surface area contributed by atoms with Gasteiger partial charge in [-0.2, -0.15) is 10.4 Å². The Morgan fingerprint density at radius 3 is 2.88 bits per heavy atom. The smallest absolute Gasteiger partial charge is 0.366 e. The Labute approximate surface area is 142 Å². The maximum absolute atomic E-state index is 12.3. The molecule has 0 aliphatic heterocycles. The van der Waals surface area contributed by atoms with Gasteiger partial charge in [-0.15, -0.1) is 0 Å². The number of benzene rings is 1. The summed E-state index contributed by atoms with van der Waals surface area (Å²) in [6.07, 6.45) is 3.31. The zero-order valence-electron chi connectivity index (χ0n) is 12.8. The van der Waals surface area contributed by atoms with Crippen molar-refractivity contribution in [2.24, 2.45) is 7.05 Å². The van der Waals surface area contributed by atoms with Crippen molar-refractivity contribution < 1.29 is 13.9 Å². The minimum absolute atomic E-state index is 0.0642. The van der Waals surface area contributed by atoms with Crippen LogP contribution in [0.1, 0.15) is 21.8 Å². The van der Waals surface area contributed by atoms with Gasteiger partial charge in [0.25, 0.3) is 0 Å². The van der Waals surface area contributed by atoms with Crippen molar-refractivity contribution in [2.45, 2.75) is 6.92 Å². The molecule has 8 heteroatoms. The molecule has 0 radical (unpaired) electrons. The van der Waals surface area contributed by atoms with Crippen molar-refractivity contribution in [2.75, 3.05) is 0 Å². The van der Waals surface area contributed by atoms with Crippen LogP contribution >= 0.6 is 11.6 Å². The second-order valence-electron chi connectivity index (χ2n) is 4.97. The molecule has 2 aromatic heterocycles. The quantitative estimate of drug-likeness (QED) is 0.536. The van der Waals surface area contributed by atoms with Gasteiger partial charge in [0.1, 0.15) is 17.6 Å². The molecule has 0 aliphatic rings. The number of hydrogen-bond donors (Lipinski definition) is 0. The van der Waals surface area contributed by atoms with Crippen LogP contribution in [-0.2, 0) is 7.05 Å². The number of oxazole rings is 1. The Balaban J connectivity index is 1.84. The lowest BCUT2D eigenvalue weighted by atomic mass is 10.2. The fraction of sp³-hybridized carbons (Fsp3) is 0.125. The first kappa shape index (κ1) is 15.8. The van der Waals surface area contributed by atoms with E-state index < -0.39 is 5.97 Å². The van der Waals surface area contributed by atoms with E-state index in [0.717, 1.165) is 0 Å². The third-order valence-corrected chi connectivity index (χ3v) is 3.53. The van der Waals surface area contributed by atoms with Gasteiger partial charge in [0, 0.05) is 19.3 Å². The summed E-state index contributed by atoms with van der Waals surface area (Å²) in [5, 5.41) is 13.1. The first-order valence-corrected chi connectivity index (χ1v) is 7.24. The first-order chi connectivity index (χ1) is 11.5. The number of ether oxygens (including phenoxy) is 1. The molecular formula is C16H11ClN4O3. The van der Waals surface area contributed by atoms with E-state index in [-0.39, 0.29) is 22.4 Å². The van der Waals surface area contributed by atoms with Gasteiger partial charge < -0.3 is 9.15 Å². The van der Waals surface area contributed by atoms with E-state index in [4.69, 9.17) is 26.0 Å². The van der Waals surface area contributed by atoms with Crippen LogP contribution in [0.3, 0.4) is 0 Å². The van der Waals surface area contributed by atoms with Crippen molar-refractivity contribution in [1.29, 1.82) is 5.26 Å². The van der Waals surface area contributed by atoms with Gasteiger partial charge in [-0.25, -0.2) is 9.78 Å². The van der Waals surface area contributed by atoms with E-state index in [0.29, 0.717) is 16.9 Å². The van der Waals surface area contributed by atoms with Crippen molar-refractivity contribution >= 4 is 17.6 Å². The van der Waals surface area contributed by atoms with Crippen LogP contribution in [0.5, 0.6) is 5.75 Å². The van der Waals surface area contributed by atoms with E-state index in [2.05, 4.69) is 10.1 Å². The summed E-state index contributed by atoms with van der Waals surface area (Å²) >= 11 is 5.92. The highest BCUT2D eigenvalue weighted by Gasteiger charge is 2.21. The molecule has 0 bridgehead atoms. The van der Waals surface area contributed by atoms with Gasteiger partial charge in [0.2, 0.25) is 5.89 Å². The number of aryl methyl sites for hydroxylation is 2. The molecule has 0 saturated carbocycles. The number of aromatic nitrogens is 3. The molecule has 0 aliphatic carbocycles. The normalized spacial score (nSPS) is 10.4. The molecular weight excluding hydrogens is 332 g/mol. The summed E-state index contributed by atoms with van der Waals surface area (Å²) in [6, 6.07) is 6.29. The highest BCUT2D eigenvalue weighted by atomic mass is 35.5. The fourth-order valence-electron chi connectivity index (χ4n) is 2.05. The summed E-state index contributed by atoms with van der Waals surface area (Å²) in [7, 11) is 1.77. The topological polar surface area (TPSA) is 93.9 Å². The molecule has 0 unspecified atom stereocenters. The largest absolute Gasteiger partial charge is 0.440 e. The zero-order valence-corrected chi connectivity index (χ0v) is 13.5. The fourth-order valence-corrected chi connectivity index (χ4v) is 2.26. The lowest BCUT2D eigenvalue weighted by Crippen LogP contribution is -2.10. The first-order valence-electron chi connectivity index (χ1n) is 6.86. The summed E-state index contributed by atoms with van der Waals surface area (Å²) in [5.74, 6) is 0.158. The predicted octanol–water partition coefficient (Wildman–Crippen LogP) is 3.13. The van der Waals surface area contributed by atoms with Crippen LogP contribution in [0.25, 0.3) is 11.5 Å². The molecule has 24 heavy (non-hydrogen) atoms. The molecule has 0 saturated heterocycles. The maximum atomic E-state index is 12.3. The molecule has 0 N–H and O–H groups in total. The van der Waals surface area contributed by atoms with Gasteiger partial charge in [0.15, 0.2) is 5.69 Å². The second-order valence-corrected chi connectivity index (χ2v) is 5.38. The lowest BCUT2D eigenvalue weighted by Gasteiger charge is -2.03. The molecule has 0 amide bonds. The SMILES string of the molecule is Cc1oc(-c2cnn(C)c2)nc1C(=O)Oc1ccc(C#N)c(Cl)c1. The molecule has 0 atom stereocenters. The van der Waals surface area contributed by atoms with Crippen LogP contribution < -0.4 is 4.74 Å². The third-order valence-electron chi connectivity index (χ3n) is 3.21. The van der Waals surface area contributed by atoms with Gasteiger partial charge in [-0.05, 0) is 19.1 Å². The molecule has 7 nitrogen and oxygen atoms in total. The number of hydrogen-bond acceptors (Lipinski definition) is 6. The zero-order chi connectivity index (χ0) is 17.3. The summed E-state index contributed by atoms with van der Waals surface area (Å²) in [6.45, 7) is 1.62. The van der Waals surface area contributed by atoms with Crippen molar-refractivity contribution in [1.82, 2.24) is 14.8 Å². The summed E-state index contributed by atoms with van der Waals surface area (Å²) in [4.78, 5) is 16.4. The Morgan fingerprint density at radius 2 is 2.25 bits per heavy atom. The van der Waals surface area contributed by atoms with Crippen LogP contribution in [0, 0.1) is 18.3 Å². The third kappa shape index (κ3) is 3.00. The predicted molar refractivity (Wildman–Crippen MR) is 84.6 cm³/mol. The maximum Gasteiger partial charge on any atom is 0.366 e. The van der Waals surface area contributed by atoms with E-state index in [1.807, 2.05) is 6.07 Å². The number of carbonyl (C=O) groups excluding carboxylic acids is 1. The molecule has 120 valence electrons. The van der Waals surface area contributed by atoms with Crippen molar-refractivity contribution in [3.8, 4) is 23.3 Å². The van der Waals surface area contributed by atoms with E-state index >= 15 is 0 Å². The van der Waals surface area contributed by atoms with Gasteiger partial charge in [0.05, 0.1) is 22.3 Å². The second kappa shape index (κ2) is 6.18. The number of nitriles is 1. The Morgan fingerprint density at radius 1 is 1.46 bits per heavy atom. The standard InChI is InChI=1S/C16H11ClN4O3/c1-9-14(20-15(23-9)11-7-19-21(2)8-11)16(22)24-12-4-3-10(6-18)13(17)5-12/h3-5,7-8H,1-2H3.